The second kappa shape index (κ2) is 5.20. The SMILES string of the molecule is Nc1cc(Cn2c(C(F)(F)F)cccc2=O)ccc1Cl. The van der Waals surface area contributed by atoms with Gasteiger partial charge in [0.2, 0.25) is 0 Å². The maximum atomic E-state index is 12.9. The minimum atomic E-state index is -4.60. The summed E-state index contributed by atoms with van der Waals surface area (Å²) >= 11 is 5.75. The fourth-order valence-corrected chi connectivity index (χ4v) is 1.92. The summed E-state index contributed by atoms with van der Waals surface area (Å²) in [7, 11) is 0. The lowest BCUT2D eigenvalue weighted by molar-refractivity contribution is -0.144. The lowest BCUT2D eigenvalue weighted by atomic mass is 10.2. The van der Waals surface area contributed by atoms with Crippen LogP contribution in [-0.2, 0) is 12.7 Å². The molecule has 0 saturated heterocycles. The van der Waals surface area contributed by atoms with Gasteiger partial charge in [-0.1, -0.05) is 23.7 Å². The van der Waals surface area contributed by atoms with Gasteiger partial charge in [0.25, 0.3) is 5.56 Å². The van der Waals surface area contributed by atoms with Gasteiger partial charge in [-0.3, -0.25) is 9.36 Å². The first-order chi connectivity index (χ1) is 9.29. The van der Waals surface area contributed by atoms with Gasteiger partial charge in [0.05, 0.1) is 17.3 Å². The van der Waals surface area contributed by atoms with Crippen molar-refractivity contribution in [3.8, 4) is 0 Å². The first kappa shape index (κ1) is 14.5. The molecule has 0 aliphatic carbocycles. The van der Waals surface area contributed by atoms with Crippen molar-refractivity contribution in [3.05, 3.63) is 63.0 Å². The predicted molar refractivity (Wildman–Crippen MR) is 70.7 cm³/mol. The Balaban J connectivity index is 2.48. The van der Waals surface area contributed by atoms with Crippen molar-refractivity contribution in [1.82, 2.24) is 4.57 Å². The Morgan fingerprint density at radius 2 is 1.90 bits per heavy atom. The van der Waals surface area contributed by atoms with Crippen LogP contribution >= 0.6 is 11.6 Å². The smallest absolute Gasteiger partial charge is 0.398 e. The molecule has 0 aliphatic rings. The molecule has 3 nitrogen and oxygen atoms in total. The van der Waals surface area contributed by atoms with Crippen molar-refractivity contribution < 1.29 is 13.2 Å². The van der Waals surface area contributed by atoms with Gasteiger partial charge >= 0.3 is 6.18 Å². The first-order valence-electron chi connectivity index (χ1n) is 5.60. The number of anilines is 1. The topological polar surface area (TPSA) is 48.0 Å². The van der Waals surface area contributed by atoms with Crippen molar-refractivity contribution in [2.24, 2.45) is 0 Å². The molecule has 0 spiro atoms. The van der Waals surface area contributed by atoms with E-state index < -0.39 is 17.4 Å². The number of rotatable bonds is 2. The summed E-state index contributed by atoms with van der Waals surface area (Å²) in [6.45, 7) is -0.226. The van der Waals surface area contributed by atoms with Crippen LogP contribution in [-0.4, -0.2) is 4.57 Å². The zero-order valence-corrected chi connectivity index (χ0v) is 10.9. The van der Waals surface area contributed by atoms with E-state index in [1.54, 1.807) is 0 Å². The predicted octanol–water partition coefficient (Wildman–Crippen LogP) is 3.15. The van der Waals surface area contributed by atoms with E-state index in [0.29, 0.717) is 15.2 Å². The lowest BCUT2D eigenvalue weighted by Crippen LogP contribution is -2.27. The summed E-state index contributed by atoms with van der Waals surface area (Å²) in [5.41, 5.74) is 4.58. The lowest BCUT2D eigenvalue weighted by Gasteiger charge is -2.15. The third-order valence-electron chi connectivity index (χ3n) is 2.74. The van der Waals surface area contributed by atoms with Crippen LogP contribution in [0.2, 0.25) is 5.02 Å². The Labute approximate surface area is 117 Å². The standard InChI is InChI=1S/C13H10ClF3N2O/c14-9-5-4-8(6-10(9)18)7-19-11(13(15,16)17)2-1-3-12(19)20/h1-6H,7,18H2. The second-order valence-electron chi connectivity index (χ2n) is 4.19. The monoisotopic (exact) mass is 302 g/mol. The number of hydrogen-bond donors (Lipinski definition) is 1. The summed E-state index contributed by atoms with van der Waals surface area (Å²) in [6, 6.07) is 7.47. The normalized spacial score (nSPS) is 11.6. The number of halogens is 4. The molecule has 0 amide bonds. The van der Waals surface area contributed by atoms with Crippen molar-refractivity contribution in [2.75, 3.05) is 5.73 Å². The summed E-state index contributed by atoms with van der Waals surface area (Å²) in [5.74, 6) is 0. The van der Waals surface area contributed by atoms with Crippen LogP contribution in [0, 0.1) is 0 Å². The number of benzene rings is 1. The number of nitrogens with two attached hydrogens (primary N) is 1. The average Bonchev–Trinajstić information content (AvgIpc) is 2.35. The quantitative estimate of drug-likeness (QED) is 0.866. The Morgan fingerprint density at radius 3 is 2.50 bits per heavy atom. The number of alkyl halides is 3. The molecular formula is C13H10ClF3N2O. The molecule has 1 aromatic carbocycles. The van der Waals surface area contributed by atoms with Crippen molar-refractivity contribution in [1.29, 1.82) is 0 Å². The van der Waals surface area contributed by atoms with Gasteiger partial charge in [-0.2, -0.15) is 13.2 Å². The van der Waals surface area contributed by atoms with Gasteiger partial charge < -0.3 is 5.73 Å². The zero-order chi connectivity index (χ0) is 14.9. The maximum Gasteiger partial charge on any atom is 0.431 e. The minimum absolute atomic E-state index is 0.226. The van der Waals surface area contributed by atoms with Gasteiger partial charge in [-0.25, -0.2) is 0 Å². The van der Waals surface area contributed by atoms with Crippen LogP contribution in [0.5, 0.6) is 0 Å². The van der Waals surface area contributed by atoms with Crippen LogP contribution in [0.3, 0.4) is 0 Å². The highest BCUT2D eigenvalue weighted by atomic mass is 35.5. The summed E-state index contributed by atoms with van der Waals surface area (Å²) in [4.78, 5) is 11.6. The number of aromatic nitrogens is 1. The van der Waals surface area contributed by atoms with E-state index >= 15 is 0 Å². The summed E-state index contributed by atoms with van der Waals surface area (Å²) in [5, 5.41) is 0.310. The molecule has 2 rings (SSSR count). The van der Waals surface area contributed by atoms with Crippen LogP contribution in [0.25, 0.3) is 0 Å². The largest absolute Gasteiger partial charge is 0.431 e. The molecule has 2 N–H and O–H groups in total. The highest BCUT2D eigenvalue weighted by molar-refractivity contribution is 6.33. The van der Waals surface area contributed by atoms with E-state index in [1.165, 1.54) is 18.2 Å². The van der Waals surface area contributed by atoms with E-state index in [9.17, 15) is 18.0 Å². The van der Waals surface area contributed by atoms with Crippen LogP contribution < -0.4 is 11.3 Å². The fourth-order valence-electron chi connectivity index (χ4n) is 1.80. The van der Waals surface area contributed by atoms with Gasteiger partial charge in [0.15, 0.2) is 0 Å². The van der Waals surface area contributed by atoms with E-state index in [1.807, 2.05) is 0 Å². The first-order valence-corrected chi connectivity index (χ1v) is 5.98. The molecule has 2 aromatic rings. The van der Waals surface area contributed by atoms with Gasteiger partial charge in [0, 0.05) is 6.07 Å². The van der Waals surface area contributed by atoms with Gasteiger partial charge in [-0.15, -0.1) is 0 Å². The number of nitrogen functional groups attached to an aromatic ring is 1. The molecule has 0 saturated carbocycles. The van der Waals surface area contributed by atoms with Crippen molar-refractivity contribution in [2.45, 2.75) is 12.7 Å². The second-order valence-corrected chi connectivity index (χ2v) is 4.60. The summed E-state index contributed by atoms with van der Waals surface area (Å²) < 4.78 is 39.3. The zero-order valence-electron chi connectivity index (χ0n) is 10.1. The van der Waals surface area contributed by atoms with E-state index in [2.05, 4.69) is 0 Å². The molecule has 0 atom stereocenters. The average molecular weight is 303 g/mol. The fraction of sp³-hybridized carbons (Fsp3) is 0.154. The van der Waals surface area contributed by atoms with Crippen LogP contribution in [0.15, 0.2) is 41.2 Å². The number of nitrogens with zero attached hydrogens (tertiary/aromatic N) is 1. The molecule has 1 heterocycles. The minimum Gasteiger partial charge on any atom is -0.398 e. The van der Waals surface area contributed by atoms with Crippen LogP contribution in [0.4, 0.5) is 18.9 Å². The highest BCUT2D eigenvalue weighted by Gasteiger charge is 2.34. The van der Waals surface area contributed by atoms with E-state index in [0.717, 1.165) is 18.2 Å². The molecule has 0 fully saturated rings. The van der Waals surface area contributed by atoms with Crippen LogP contribution in [0.1, 0.15) is 11.3 Å². The Kier molecular flexibility index (Phi) is 3.76. The Bertz CT molecular complexity index is 695. The molecule has 1 aromatic heterocycles. The number of pyridine rings is 1. The van der Waals surface area contributed by atoms with E-state index in [4.69, 9.17) is 17.3 Å². The molecule has 106 valence electrons. The summed E-state index contributed by atoms with van der Waals surface area (Å²) in [6.07, 6.45) is -4.60. The molecule has 0 bridgehead atoms. The molecule has 0 radical (unpaired) electrons. The third-order valence-corrected chi connectivity index (χ3v) is 3.09. The molecule has 0 unspecified atom stereocenters. The third kappa shape index (κ3) is 2.96. The van der Waals surface area contributed by atoms with Gasteiger partial charge in [-0.05, 0) is 23.8 Å². The number of hydrogen-bond acceptors (Lipinski definition) is 2. The Morgan fingerprint density at radius 1 is 1.20 bits per heavy atom. The maximum absolute atomic E-state index is 12.9. The molecule has 20 heavy (non-hydrogen) atoms. The molecule has 7 heteroatoms. The molecule has 0 aliphatic heterocycles. The van der Waals surface area contributed by atoms with Gasteiger partial charge in [0.1, 0.15) is 5.69 Å². The van der Waals surface area contributed by atoms with Crippen molar-refractivity contribution in [3.63, 3.8) is 0 Å². The Hall–Kier alpha value is -1.95. The highest BCUT2D eigenvalue weighted by Crippen LogP contribution is 2.29. The van der Waals surface area contributed by atoms with E-state index in [-0.39, 0.29) is 12.2 Å². The molecular weight excluding hydrogens is 293 g/mol. The van der Waals surface area contributed by atoms with Crippen molar-refractivity contribution >= 4 is 17.3 Å².